The van der Waals surface area contributed by atoms with Crippen LogP contribution in [0.5, 0.6) is 5.75 Å². The lowest BCUT2D eigenvalue weighted by molar-refractivity contribution is -0.118. The number of carboxylic acid groups (broad SMARTS) is 1. The van der Waals surface area contributed by atoms with Gasteiger partial charge in [-0.2, -0.15) is 0 Å². The van der Waals surface area contributed by atoms with Crippen molar-refractivity contribution in [2.75, 3.05) is 23.3 Å². The van der Waals surface area contributed by atoms with Crippen molar-refractivity contribution in [1.29, 1.82) is 0 Å². The lowest BCUT2D eigenvalue weighted by atomic mass is 10.2. The van der Waals surface area contributed by atoms with Crippen molar-refractivity contribution >= 4 is 44.9 Å². The third-order valence-corrected chi connectivity index (χ3v) is 6.87. The van der Waals surface area contributed by atoms with Gasteiger partial charge < -0.3 is 15.2 Å². The summed E-state index contributed by atoms with van der Waals surface area (Å²) in [6.07, 6.45) is 0. The lowest BCUT2D eigenvalue weighted by Crippen LogP contribution is -2.26. The van der Waals surface area contributed by atoms with Crippen LogP contribution < -0.4 is 14.4 Å². The molecule has 0 saturated carbocycles. The van der Waals surface area contributed by atoms with E-state index in [9.17, 15) is 18.0 Å². The Balaban J connectivity index is 1.63. The molecule has 10 heteroatoms. The van der Waals surface area contributed by atoms with Gasteiger partial charge in [0.2, 0.25) is 0 Å². The summed E-state index contributed by atoms with van der Waals surface area (Å²) in [5.74, 6) is -1.34. The number of aromatic carboxylic acids is 1. The average molecular weight is 489 g/mol. The molecule has 33 heavy (non-hydrogen) atoms. The summed E-state index contributed by atoms with van der Waals surface area (Å²) in [6, 6.07) is 16.7. The SMILES string of the molecule is Cc1ccc(S(=O)(=O)N(C)c2ccc(OCC(=O)Nc3cc(C(=O)O)ccc3Cl)cc2)cc1. The van der Waals surface area contributed by atoms with Gasteiger partial charge in [0.15, 0.2) is 6.61 Å². The third-order valence-electron chi connectivity index (χ3n) is 4.74. The third kappa shape index (κ3) is 5.82. The van der Waals surface area contributed by atoms with E-state index in [1.165, 1.54) is 25.2 Å². The van der Waals surface area contributed by atoms with Crippen molar-refractivity contribution in [3.63, 3.8) is 0 Å². The van der Waals surface area contributed by atoms with E-state index in [-0.39, 0.29) is 27.8 Å². The van der Waals surface area contributed by atoms with Crippen molar-refractivity contribution in [2.24, 2.45) is 0 Å². The molecule has 0 aliphatic rings. The predicted molar refractivity (Wildman–Crippen MR) is 126 cm³/mol. The molecule has 0 radical (unpaired) electrons. The highest BCUT2D eigenvalue weighted by molar-refractivity contribution is 7.92. The molecule has 0 aliphatic carbocycles. The Labute approximate surface area is 196 Å². The Morgan fingerprint density at radius 3 is 2.27 bits per heavy atom. The molecule has 0 spiro atoms. The maximum Gasteiger partial charge on any atom is 0.335 e. The van der Waals surface area contributed by atoms with E-state index < -0.39 is 21.9 Å². The van der Waals surface area contributed by atoms with Crippen LogP contribution in [0.4, 0.5) is 11.4 Å². The highest BCUT2D eigenvalue weighted by atomic mass is 35.5. The zero-order valence-corrected chi connectivity index (χ0v) is 19.4. The van der Waals surface area contributed by atoms with Crippen molar-refractivity contribution < 1.29 is 27.9 Å². The first-order chi connectivity index (χ1) is 15.6. The van der Waals surface area contributed by atoms with E-state index >= 15 is 0 Å². The number of hydrogen-bond acceptors (Lipinski definition) is 5. The van der Waals surface area contributed by atoms with Gasteiger partial charge in [0, 0.05) is 7.05 Å². The minimum absolute atomic E-state index is 0.0177. The summed E-state index contributed by atoms with van der Waals surface area (Å²) in [5.41, 5.74) is 1.52. The Morgan fingerprint density at radius 1 is 1.03 bits per heavy atom. The van der Waals surface area contributed by atoms with Crippen LogP contribution in [0.15, 0.2) is 71.6 Å². The summed E-state index contributed by atoms with van der Waals surface area (Å²) in [7, 11) is -2.27. The Morgan fingerprint density at radius 2 is 1.67 bits per heavy atom. The molecular weight excluding hydrogens is 468 g/mol. The number of carboxylic acids is 1. The molecule has 0 aliphatic heterocycles. The Kier molecular flexibility index (Phi) is 7.25. The smallest absolute Gasteiger partial charge is 0.335 e. The summed E-state index contributed by atoms with van der Waals surface area (Å²) in [6.45, 7) is 1.52. The minimum atomic E-state index is -3.72. The number of rotatable bonds is 8. The minimum Gasteiger partial charge on any atom is -0.484 e. The fraction of sp³-hybridized carbons (Fsp3) is 0.130. The van der Waals surface area contributed by atoms with E-state index in [4.69, 9.17) is 21.4 Å². The summed E-state index contributed by atoms with van der Waals surface area (Å²) in [4.78, 5) is 23.4. The van der Waals surface area contributed by atoms with Crippen LogP contribution in [-0.4, -0.2) is 39.1 Å². The van der Waals surface area contributed by atoms with Crippen LogP contribution >= 0.6 is 11.6 Å². The number of sulfonamides is 1. The molecular formula is C23H21ClN2O6S. The monoisotopic (exact) mass is 488 g/mol. The van der Waals surface area contributed by atoms with Gasteiger partial charge >= 0.3 is 5.97 Å². The lowest BCUT2D eigenvalue weighted by Gasteiger charge is -2.20. The van der Waals surface area contributed by atoms with Gasteiger partial charge in [-0.05, 0) is 61.5 Å². The summed E-state index contributed by atoms with van der Waals surface area (Å²) in [5, 5.41) is 11.7. The molecule has 0 unspecified atom stereocenters. The maximum atomic E-state index is 12.8. The number of halogens is 1. The molecule has 8 nitrogen and oxygen atoms in total. The molecule has 3 aromatic carbocycles. The van der Waals surface area contributed by atoms with Crippen molar-refractivity contribution in [1.82, 2.24) is 0 Å². The van der Waals surface area contributed by atoms with Gasteiger partial charge in [0.25, 0.3) is 15.9 Å². The maximum absolute atomic E-state index is 12.8. The number of nitrogens with zero attached hydrogens (tertiary/aromatic N) is 1. The number of nitrogens with one attached hydrogen (secondary N) is 1. The second-order valence-corrected chi connectivity index (χ2v) is 9.49. The second kappa shape index (κ2) is 9.93. The van der Waals surface area contributed by atoms with Crippen LogP contribution in [0.3, 0.4) is 0 Å². The van der Waals surface area contributed by atoms with E-state index in [2.05, 4.69) is 5.32 Å². The van der Waals surface area contributed by atoms with Crippen molar-refractivity contribution in [2.45, 2.75) is 11.8 Å². The molecule has 0 atom stereocenters. The number of amides is 1. The van der Waals surface area contributed by atoms with Crippen molar-refractivity contribution in [3.8, 4) is 5.75 Å². The van der Waals surface area contributed by atoms with Gasteiger partial charge in [-0.1, -0.05) is 29.3 Å². The molecule has 172 valence electrons. The number of anilines is 2. The van der Waals surface area contributed by atoms with Crippen LogP contribution in [0.2, 0.25) is 5.02 Å². The van der Waals surface area contributed by atoms with Gasteiger partial charge in [-0.15, -0.1) is 0 Å². The summed E-state index contributed by atoms with van der Waals surface area (Å²) >= 11 is 6.00. The van der Waals surface area contributed by atoms with Gasteiger partial charge in [-0.3, -0.25) is 9.10 Å². The molecule has 0 saturated heterocycles. The van der Waals surface area contributed by atoms with Crippen LogP contribution in [0.1, 0.15) is 15.9 Å². The van der Waals surface area contributed by atoms with Crippen LogP contribution in [0.25, 0.3) is 0 Å². The van der Waals surface area contributed by atoms with Crippen LogP contribution in [-0.2, 0) is 14.8 Å². The molecule has 0 heterocycles. The van der Waals surface area contributed by atoms with Gasteiger partial charge in [-0.25, -0.2) is 13.2 Å². The van der Waals surface area contributed by atoms with E-state index in [0.29, 0.717) is 11.4 Å². The quantitative estimate of drug-likeness (QED) is 0.491. The highest BCUT2D eigenvalue weighted by Gasteiger charge is 2.21. The fourth-order valence-electron chi connectivity index (χ4n) is 2.85. The molecule has 0 bridgehead atoms. The van der Waals surface area contributed by atoms with Crippen LogP contribution in [0, 0.1) is 6.92 Å². The first-order valence-corrected chi connectivity index (χ1v) is 11.5. The number of hydrogen-bond donors (Lipinski definition) is 2. The number of aryl methyl sites for hydroxylation is 1. The van der Waals surface area contributed by atoms with Crippen molar-refractivity contribution in [3.05, 3.63) is 82.9 Å². The first kappa shape index (κ1) is 24.1. The molecule has 3 aromatic rings. The van der Waals surface area contributed by atoms with Gasteiger partial charge in [0.05, 0.1) is 26.9 Å². The highest BCUT2D eigenvalue weighted by Crippen LogP contribution is 2.25. The zero-order chi connectivity index (χ0) is 24.2. The summed E-state index contributed by atoms with van der Waals surface area (Å²) < 4.78 is 32.2. The molecule has 2 N–H and O–H groups in total. The van der Waals surface area contributed by atoms with Gasteiger partial charge in [0.1, 0.15) is 5.75 Å². The number of ether oxygens (including phenoxy) is 1. The Hall–Kier alpha value is -3.56. The molecule has 0 aromatic heterocycles. The largest absolute Gasteiger partial charge is 0.484 e. The van der Waals surface area contributed by atoms with E-state index in [0.717, 1.165) is 9.87 Å². The number of benzene rings is 3. The predicted octanol–water partition coefficient (Wildman–Crippen LogP) is 4.19. The standard InChI is InChI=1S/C23H21ClN2O6S/c1-15-3-10-19(11-4-15)33(30,31)26(2)17-6-8-18(9-7-17)32-14-22(27)25-21-13-16(23(28)29)5-12-20(21)24/h3-13H,14H2,1-2H3,(H,25,27)(H,28,29). The fourth-order valence-corrected chi connectivity index (χ4v) is 4.21. The molecule has 3 rings (SSSR count). The molecule has 1 amide bonds. The second-order valence-electron chi connectivity index (χ2n) is 7.12. The normalized spacial score (nSPS) is 11.0. The zero-order valence-electron chi connectivity index (χ0n) is 17.8. The van der Waals surface area contributed by atoms with E-state index in [1.807, 2.05) is 6.92 Å². The van der Waals surface area contributed by atoms with E-state index in [1.54, 1.807) is 48.5 Å². The topological polar surface area (TPSA) is 113 Å². The first-order valence-electron chi connectivity index (χ1n) is 9.69. The molecule has 0 fully saturated rings. The number of carbonyl (C=O) groups excluding carboxylic acids is 1. The Bertz CT molecular complexity index is 1280. The average Bonchev–Trinajstić information content (AvgIpc) is 2.79. The number of carbonyl (C=O) groups is 2.